The SMILES string of the molecule is CCN(CC)S(=O)(=O)Nc1cnc(Cl)c(C)c1. The van der Waals surface area contributed by atoms with Gasteiger partial charge in [0, 0.05) is 13.1 Å². The van der Waals surface area contributed by atoms with Crippen molar-refractivity contribution in [2.45, 2.75) is 20.8 Å². The van der Waals surface area contributed by atoms with E-state index in [1.165, 1.54) is 10.5 Å². The molecular weight excluding hydrogens is 262 g/mol. The second-order valence-corrected chi connectivity index (χ2v) is 5.55. The number of anilines is 1. The topological polar surface area (TPSA) is 62.3 Å². The monoisotopic (exact) mass is 277 g/mol. The van der Waals surface area contributed by atoms with Crippen LogP contribution >= 0.6 is 11.6 Å². The van der Waals surface area contributed by atoms with Crippen molar-refractivity contribution in [1.29, 1.82) is 0 Å². The molecule has 0 radical (unpaired) electrons. The van der Waals surface area contributed by atoms with E-state index in [0.717, 1.165) is 5.56 Å². The summed E-state index contributed by atoms with van der Waals surface area (Å²) in [6.45, 7) is 6.18. The van der Waals surface area contributed by atoms with E-state index < -0.39 is 10.2 Å². The van der Waals surface area contributed by atoms with Gasteiger partial charge in [0.15, 0.2) is 0 Å². The molecule has 1 heterocycles. The minimum Gasteiger partial charge on any atom is -0.269 e. The van der Waals surface area contributed by atoms with Crippen molar-refractivity contribution < 1.29 is 8.42 Å². The Morgan fingerprint density at radius 1 is 1.41 bits per heavy atom. The number of hydrogen-bond acceptors (Lipinski definition) is 3. The van der Waals surface area contributed by atoms with Gasteiger partial charge in [-0.1, -0.05) is 25.4 Å². The normalized spacial score (nSPS) is 11.8. The fourth-order valence-corrected chi connectivity index (χ4v) is 2.71. The molecule has 0 fully saturated rings. The standard InChI is InChI=1S/C10H16ClN3O2S/c1-4-14(5-2)17(15,16)13-9-6-8(3)10(11)12-7-9/h6-7,13H,4-5H2,1-3H3. The molecule has 1 N–H and O–H groups in total. The van der Waals surface area contributed by atoms with Crippen LogP contribution in [0, 0.1) is 6.92 Å². The lowest BCUT2D eigenvalue weighted by atomic mass is 10.3. The van der Waals surface area contributed by atoms with Gasteiger partial charge in [0.05, 0.1) is 11.9 Å². The third-order valence-corrected chi connectivity index (χ3v) is 4.39. The molecule has 0 amide bonds. The predicted octanol–water partition coefficient (Wildman–Crippen LogP) is 2.04. The van der Waals surface area contributed by atoms with Gasteiger partial charge in [0.2, 0.25) is 0 Å². The van der Waals surface area contributed by atoms with Gasteiger partial charge in [-0.25, -0.2) is 4.98 Å². The minimum atomic E-state index is -3.50. The Bertz CT molecular complexity index is 486. The lowest BCUT2D eigenvalue weighted by Crippen LogP contribution is -2.35. The average molecular weight is 278 g/mol. The number of halogens is 1. The van der Waals surface area contributed by atoms with Gasteiger partial charge in [-0.15, -0.1) is 0 Å². The molecule has 0 spiro atoms. The highest BCUT2D eigenvalue weighted by atomic mass is 35.5. The summed E-state index contributed by atoms with van der Waals surface area (Å²) in [6, 6.07) is 1.65. The smallest absolute Gasteiger partial charge is 0.269 e. The first-order chi connectivity index (χ1) is 7.90. The Morgan fingerprint density at radius 2 is 2.00 bits per heavy atom. The Balaban J connectivity index is 2.94. The molecular formula is C10H16ClN3O2S. The van der Waals surface area contributed by atoms with Gasteiger partial charge < -0.3 is 0 Å². The molecule has 0 aliphatic rings. The maximum atomic E-state index is 11.9. The Labute approximate surface area is 107 Å². The zero-order valence-electron chi connectivity index (χ0n) is 10.1. The molecule has 0 aromatic carbocycles. The molecule has 1 aromatic heterocycles. The number of aryl methyl sites for hydroxylation is 1. The molecule has 1 aromatic rings. The number of aromatic nitrogens is 1. The van der Waals surface area contributed by atoms with Crippen molar-refractivity contribution in [3.63, 3.8) is 0 Å². The molecule has 0 atom stereocenters. The summed E-state index contributed by atoms with van der Waals surface area (Å²) in [5.74, 6) is 0. The summed E-state index contributed by atoms with van der Waals surface area (Å²) >= 11 is 5.77. The van der Waals surface area contributed by atoms with Gasteiger partial charge in [-0.2, -0.15) is 12.7 Å². The predicted molar refractivity (Wildman–Crippen MR) is 69.4 cm³/mol. The van der Waals surface area contributed by atoms with Crippen LogP contribution in [0.3, 0.4) is 0 Å². The van der Waals surface area contributed by atoms with E-state index in [-0.39, 0.29) is 0 Å². The summed E-state index contributed by atoms with van der Waals surface area (Å²) in [6.07, 6.45) is 1.40. The van der Waals surface area contributed by atoms with Gasteiger partial charge in [-0.3, -0.25) is 4.72 Å². The van der Waals surface area contributed by atoms with Crippen molar-refractivity contribution in [2.75, 3.05) is 17.8 Å². The second-order valence-electron chi connectivity index (χ2n) is 3.52. The molecule has 0 aliphatic carbocycles. The van der Waals surface area contributed by atoms with E-state index in [4.69, 9.17) is 11.6 Å². The highest BCUT2D eigenvalue weighted by Gasteiger charge is 2.18. The van der Waals surface area contributed by atoms with Crippen LogP contribution in [0.5, 0.6) is 0 Å². The van der Waals surface area contributed by atoms with Crippen LogP contribution < -0.4 is 4.72 Å². The highest BCUT2D eigenvalue weighted by molar-refractivity contribution is 7.90. The van der Waals surface area contributed by atoms with Crippen molar-refractivity contribution in [1.82, 2.24) is 9.29 Å². The van der Waals surface area contributed by atoms with E-state index in [1.807, 2.05) is 0 Å². The van der Waals surface area contributed by atoms with Gasteiger partial charge in [-0.05, 0) is 18.6 Å². The molecule has 0 saturated carbocycles. The summed E-state index contributed by atoms with van der Waals surface area (Å²) < 4.78 is 27.6. The number of nitrogens with zero attached hydrogens (tertiary/aromatic N) is 2. The van der Waals surface area contributed by atoms with Crippen molar-refractivity contribution in [3.8, 4) is 0 Å². The van der Waals surface area contributed by atoms with Crippen LogP contribution in [-0.4, -0.2) is 30.8 Å². The molecule has 0 bridgehead atoms. The first kappa shape index (κ1) is 14.2. The summed E-state index contributed by atoms with van der Waals surface area (Å²) in [5.41, 5.74) is 1.14. The Hall–Kier alpha value is -0.850. The minimum absolute atomic E-state index is 0.371. The molecule has 7 heteroatoms. The zero-order chi connectivity index (χ0) is 13.1. The molecule has 96 valence electrons. The van der Waals surface area contributed by atoms with E-state index in [0.29, 0.717) is 23.9 Å². The number of nitrogens with one attached hydrogen (secondary N) is 1. The van der Waals surface area contributed by atoms with Gasteiger partial charge >= 0.3 is 10.2 Å². The van der Waals surface area contributed by atoms with Crippen molar-refractivity contribution in [3.05, 3.63) is 23.0 Å². The van der Waals surface area contributed by atoms with Crippen LogP contribution in [0.1, 0.15) is 19.4 Å². The molecule has 0 unspecified atom stereocenters. The number of hydrogen-bond donors (Lipinski definition) is 1. The Kier molecular flexibility index (Phi) is 4.73. The van der Waals surface area contributed by atoms with E-state index in [9.17, 15) is 8.42 Å². The molecule has 0 aliphatic heterocycles. The maximum absolute atomic E-state index is 11.9. The lowest BCUT2D eigenvalue weighted by Gasteiger charge is -2.19. The van der Waals surface area contributed by atoms with Crippen LogP contribution in [0.4, 0.5) is 5.69 Å². The first-order valence-corrected chi connectivity index (χ1v) is 7.12. The Morgan fingerprint density at radius 3 is 2.47 bits per heavy atom. The largest absolute Gasteiger partial charge is 0.301 e. The number of pyridine rings is 1. The third kappa shape index (κ3) is 3.55. The maximum Gasteiger partial charge on any atom is 0.301 e. The second kappa shape index (κ2) is 5.66. The van der Waals surface area contributed by atoms with Crippen molar-refractivity contribution >= 4 is 27.5 Å². The molecule has 0 saturated heterocycles. The van der Waals surface area contributed by atoms with Crippen molar-refractivity contribution in [2.24, 2.45) is 0 Å². The fraction of sp³-hybridized carbons (Fsp3) is 0.500. The van der Waals surface area contributed by atoms with Crippen LogP contribution in [-0.2, 0) is 10.2 Å². The first-order valence-electron chi connectivity index (χ1n) is 5.30. The quantitative estimate of drug-likeness (QED) is 0.838. The zero-order valence-corrected chi connectivity index (χ0v) is 11.6. The summed E-state index contributed by atoms with van der Waals surface area (Å²) in [4.78, 5) is 3.89. The van der Waals surface area contributed by atoms with Crippen LogP contribution in [0.25, 0.3) is 0 Å². The van der Waals surface area contributed by atoms with E-state index in [2.05, 4.69) is 9.71 Å². The number of rotatable bonds is 5. The van der Waals surface area contributed by atoms with Gasteiger partial charge in [0.1, 0.15) is 5.15 Å². The molecule has 5 nitrogen and oxygen atoms in total. The van der Waals surface area contributed by atoms with Crippen LogP contribution in [0.2, 0.25) is 5.15 Å². The van der Waals surface area contributed by atoms with E-state index >= 15 is 0 Å². The third-order valence-electron chi connectivity index (χ3n) is 2.31. The fourth-order valence-electron chi connectivity index (χ4n) is 1.39. The van der Waals surface area contributed by atoms with Crippen LogP contribution in [0.15, 0.2) is 12.3 Å². The molecule has 1 rings (SSSR count). The highest BCUT2D eigenvalue weighted by Crippen LogP contribution is 2.17. The lowest BCUT2D eigenvalue weighted by molar-refractivity contribution is 0.449. The summed E-state index contributed by atoms with van der Waals surface area (Å²) in [7, 11) is -3.50. The van der Waals surface area contributed by atoms with E-state index in [1.54, 1.807) is 26.8 Å². The summed E-state index contributed by atoms with van der Waals surface area (Å²) in [5, 5.41) is 0.371. The average Bonchev–Trinajstić information content (AvgIpc) is 2.24. The molecule has 17 heavy (non-hydrogen) atoms. The van der Waals surface area contributed by atoms with Gasteiger partial charge in [0.25, 0.3) is 0 Å².